The van der Waals surface area contributed by atoms with E-state index in [2.05, 4.69) is 20.4 Å². The van der Waals surface area contributed by atoms with Crippen molar-refractivity contribution in [1.82, 2.24) is 15.0 Å². The molecule has 2 aromatic heterocycles. The number of hydrogen-bond acceptors (Lipinski definition) is 6. The molecule has 0 bridgehead atoms. The summed E-state index contributed by atoms with van der Waals surface area (Å²) in [5.41, 5.74) is 0.0722. The summed E-state index contributed by atoms with van der Waals surface area (Å²) in [5.74, 6) is 1.21. The molecule has 0 aliphatic carbocycles. The van der Waals surface area contributed by atoms with Crippen molar-refractivity contribution >= 4 is 17.5 Å². The number of pyridine rings is 1. The number of carbonyl (C=O) groups excluding carboxylic acids is 1. The van der Waals surface area contributed by atoms with Crippen LogP contribution in [0.25, 0.3) is 0 Å². The van der Waals surface area contributed by atoms with Crippen LogP contribution >= 0.6 is 0 Å². The van der Waals surface area contributed by atoms with Gasteiger partial charge in [0.25, 0.3) is 0 Å². The Bertz CT molecular complexity index is 1070. The van der Waals surface area contributed by atoms with E-state index in [4.69, 9.17) is 4.52 Å². The number of anilines is 2. The molecule has 10 heteroatoms. The molecule has 0 saturated carbocycles. The third-order valence-corrected chi connectivity index (χ3v) is 5.54. The number of hydrogen-bond donors (Lipinski definition) is 1. The van der Waals surface area contributed by atoms with Crippen LogP contribution in [-0.2, 0) is 11.0 Å². The van der Waals surface area contributed by atoms with Gasteiger partial charge < -0.3 is 14.7 Å². The first-order valence-corrected chi connectivity index (χ1v) is 10.6. The third-order valence-electron chi connectivity index (χ3n) is 5.54. The minimum absolute atomic E-state index is 0.226. The van der Waals surface area contributed by atoms with Crippen LogP contribution in [0.4, 0.5) is 24.8 Å². The Morgan fingerprint density at radius 1 is 1.09 bits per heavy atom. The smallest absolute Gasteiger partial charge is 0.360 e. The molecule has 0 spiro atoms. The number of rotatable bonds is 5. The highest BCUT2D eigenvalue weighted by Crippen LogP contribution is 2.30. The average molecular weight is 459 g/mol. The van der Waals surface area contributed by atoms with Crippen molar-refractivity contribution in [2.75, 3.05) is 36.4 Å². The number of aromatic nitrogens is 2. The first-order chi connectivity index (χ1) is 15.8. The van der Waals surface area contributed by atoms with Gasteiger partial charge in [-0.2, -0.15) is 13.2 Å². The van der Waals surface area contributed by atoms with Crippen molar-refractivity contribution in [3.63, 3.8) is 0 Å². The molecule has 3 heterocycles. The molecule has 1 amide bonds. The highest BCUT2D eigenvalue weighted by Gasteiger charge is 2.32. The van der Waals surface area contributed by atoms with Gasteiger partial charge in [0.15, 0.2) is 5.82 Å². The van der Waals surface area contributed by atoms with E-state index in [1.165, 1.54) is 6.07 Å². The van der Waals surface area contributed by atoms with Gasteiger partial charge in [0.2, 0.25) is 5.91 Å². The van der Waals surface area contributed by atoms with E-state index in [0.29, 0.717) is 43.6 Å². The Balaban J connectivity index is 1.50. The lowest BCUT2D eigenvalue weighted by Crippen LogP contribution is -2.39. The van der Waals surface area contributed by atoms with Crippen molar-refractivity contribution in [3.05, 3.63) is 71.6 Å². The van der Waals surface area contributed by atoms with Crippen molar-refractivity contribution < 1.29 is 22.5 Å². The molecule has 7 nitrogen and oxygen atoms in total. The van der Waals surface area contributed by atoms with Crippen LogP contribution in [0.1, 0.15) is 29.3 Å². The highest BCUT2D eigenvalue weighted by atomic mass is 19.4. The SMILES string of the molecule is Cc1cc(NC(=O)C(c2ccccc2)N2CCCN(c3ccc(C(F)(F)F)cn3)CC2)no1. The Morgan fingerprint density at radius 3 is 2.52 bits per heavy atom. The molecule has 33 heavy (non-hydrogen) atoms. The van der Waals surface area contributed by atoms with Gasteiger partial charge >= 0.3 is 6.18 Å². The molecule has 1 N–H and O–H groups in total. The molecule has 1 saturated heterocycles. The lowest BCUT2D eigenvalue weighted by Gasteiger charge is -2.30. The van der Waals surface area contributed by atoms with E-state index in [1.54, 1.807) is 13.0 Å². The quantitative estimate of drug-likeness (QED) is 0.614. The van der Waals surface area contributed by atoms with Crippen molar-refractivity contribution in [2.24, 2.45) is 0 Å². The van der Waals surface area contributed by atoms with Crippen LogP contribution in [0.3, 0.4) is 0 Å². The zero-order chi connectivity index (χ0) is 23.4. The summed E-state index contributed by atoms with van der Waals surface area (Å²) >= 11 is 0. The zero-order valence-corrected chi connectivity index (χ0v) is 18.0. The topological polar surface area (TPSA) is 74.5 Å². The molecular weight excluding hydrogens is 435 g/mol. The van der Waals surface area contributed by atoms with Gasteiger partial charge in [0.1, 0.15) is 17.6 Å². The van der Waals surface area contributed by atoms with E-state index in [0.717, 1.165) is 24.2 Å². The van der Waals surface area contributed by atoms with Crippen LogP contribution in [0, 0.1) is 6.92 Å². The number of nitrogens with one attached hydrogen (secondary N) is 1. The Morgan fingerprint density at radius 2 is 1.88 bits per heavy atom. The summed E-state index contributed by atoms with van der Waals surface area (Å²) in [7, 11) is 0. The Kier molecular flexibility index (Phi) is 6.64. The van der Waals surface area contributed by atoms with Crippen LogP contribution in [0.2, 0.25) is 0 Å². The van der Waals surface area contributed by atoms with Gasteiger partial charge in [-0.1, -0.05) is 35.5 Å². The van der Waals surface area contributed by atoms with Crippen molar-refractivity contribution in [1.29, 1.82) is 0 Å². The number of amides is 1. The fraction of sp³-hybridized carbons (Fsp3) is 0.348. The van der Waals surface area contributed by atoms with Crippen molar-refractivity contribution in [3.8, 4) is 0 Å². The van der Waals surface area contributed by atoms with Crippen LogP contribution in [0.5, 0.6) is 0 Å². The molecule has 0 radical (unpaired) electrons. The molecule has 1 aromatic carbocycles. The number of benzene rings is 1. The molecule has 3 aromatic rings. The Labute approximate surface area is 189 Å². The number of carbonyl (C=O) groups is 1. The summed E-state index contributed by atoms with van der Waals surface area (Å²) in [6.07, 6.45) is -2.83. The van der Waals surface area contributed by atoms with E-state index in [-0.39, 0.29) is 5.91 Å². The predicted octanol–water partition coefficient (Wildman–Crippen LogP) is 4.29. The van der Waals surface area contributed by atoms with Gasteiger partial charge in [-0.05, 0) is 31.0 Å². The van der Waals surface area contributed by atoms with Crippen LogP contribution in [-0.4, -0.2) is 47.1 Å². The second-order valence-corrected chi connectivity index (χ2v) is 7.90. The molecular formula is C23H24F3N5O2. The van der Waals surface area contributed by atoms with Crippen LogP contribution < -0.4 is 10.2 Å². The largest absolute Gasteiger partial charge is 0.417 e. The summed E-state index contributed by atoms with van der Waals surface area (Å²) in [5, 5.41) is 6.67. The van der Waals surface area contributed by atoms with E-state index < -0.39 is 17.8 Å². The third kappa shape index (κ3) is 5.51. The second kappa shape index (κ2) is 9.62. The maximum atomic E-state index is 13.2. The molecule has 174 valence electrons. The first-order valence-electron chi connectivity index (χ1n) is 10.6. The maximum absolute atomic E-state index is 13.2. The highest BCUT2D eigenvalue weighted by molar-refractivity contribution is 5.94. The summed E-state index contributed by atoms with van der Waals surface area (Å²) in [6.45, 7) is 4.07. The predicted molar refractivity (Wildman–Crippen MR) is 117 cm³/mol. The van der Waals surface area contributed by atoms with E-state index >= 15 is 0 Å². The number of aryl methyl sites for hydroxylation is 1. The first kappa shape index (κ1) is 22.8. The lowest BCUT2D eigenvalue weighted by atomic mass is 10.0. The molecule has 1 aliphatic heterocycles. The van der Waals surface area contributed by atoms with Gasteiger partial charge in [-0.25, -0.2) is 4.98 Å². The van der Waals surface area contributed by atoms with Crippen LogP contribution in [0.15, 0.2) is 59.3 Å². The number of alkyl halides is 3. The molecule has 1 unspecified atom stereocenters. The van der Waals surface area contributed by atoms with Gasteiger partial charge in [-0.15, -0.1) is 0 Å². The van der Waals surface area contributed by atoms with Gasteiger partial charge in [0.05, 0.1) is 5.56 Å². The zero-order valence-electron chi connectivity index (χ0n) is 18.0. The minimum atomic E-state index is -4.42. The normalized spacial score (nSPS) is 16.3. The van der Waals surface area contributed by atoms with Crippen molar-refractivity contribution in [2.45, 2.75) is 25.6 Å². The fourth-order valence-electron chi connectivity index (χ4n) is 3.95. The van der Waals surface area contributed by atoms with Gasteiger partial charge in [-0.3, -0.25) is 9.69 Å². The average Bonchev–Trinajstić information content (AvgIpc) is 3.05. The van der Waals surface area contributed by atoms with E-state index in [1.807, 2.05) is 35.2 Å². The van der Waals surface area contributed by atoms with E-state index in [9.17, 15) is 18.0 Å². The van der Waals surface area contributed by atoms with Gasteiger partial charge in [0, 0.05) is 38.4 Å². The fourth-order valence-corrected chi connectivity index (χ4v) is 3.95. The second-order valence-electron chi connectivity index (χ2n) is 7.90. The molecule has 1 fully saturated rings. The molecule has 1 atom stereocenters. The minimum Gasteiger partial charge on any atom is -0.360 e. The summed E-state index contributed by atoms with van der Waals surface area (Å²) < 4.78 is 43.6. The monoisotopic (exact) mass is 459 g/mol. The summed E-state index contributed by atoms with van der Waals surface area (Å²) in [4.78, 5) is 21.3. The maximum Gasteiger partial charge on any atom is 0.417 e. The number of nitrogens with zero attached hydrogens (tertiary/aromatic N) is 4. The summed E-state index contributed by atoms with van der Waals surface area (Å²) in [6, 6.07) is 13.0. The Hall–Kier alpha value is -3.40. The molecule has 4 rings (SSSR count). The molecule has 1 aliphatic rings. The standard InChI is InChI=1S/C23H24F3N5O2/c1-16-14-19(29-33-16)28-22(32)21(17-6-3-2-4-7-17)31-11-5-10-30(12-13-31)20-9-8-18(15-27-20)23(24,25)26/h2-4,6-9,14-15,21H,5,10-13H2,1H3,(H,28,29,32). The lowest BCUT2D eigenvalue weighted by molar-refractivity contribution is -0.137. The number of halogens is 3.